The number of thiocarbonyl (C=S) groups is 1. The number of hydrogen-bond acceptors (Lipinski definition) is 6. The van der Waals surface area contributed by atoms with Gasteiger partial charge in [-0.1, -0.05) is 24.0 Å². The number of piperazine rings is 1. The maximum absolute atomic E-state index is 12.2. The first-order valence-electron chi connectivity index (χ1n) is 8.80. The standard InChI is InChI=1S/C17H21F3N4O2S2/c18-17(19,20)26-14-3-1-13(2-4-14)21-15(25)11-22-5-7-23(8-6-22)12-24-9-10-28-16(24)27/h1-4H,5-12H2,(H,21,25). The van der Waals surface area contributed by atoms with Crippen LogP contribution in [0.2, 0.25) is 0 Å². The van der Waals surface area contributed by atoms with E-state index in [2.05, 4.69) is 24.8 Å². The molecule has 2 aliphatic heterocycles. The molecule has 0 aromatic heterocycles. The molecule has 0 bridgehead atoms. The molecule has 0 unspecified atom stereocenters. The van der Waals surface area contributed by atoms with Crippen LogP contribution in [0.25, 0.3) is 0 Å². The van der Waals surface area contributed by atoms with Gasteiger partial charge in [-0.05, 0) is 24.3 Å². The van der Waals surface area contributed by atoms with Crippen LogP contribution in [0.4, 0.5) is 18.9 Å². The van der Waals surface area contributed by atoms with Crippen LogP contribution >= 0.6 is 24.0 Å². The summed E-state index contributed by atoms with van der Waals surface area (Å²) in [5, 5.41) is 2.70. The van der Waals surface area contributed by atoms with Crippen LogP contribution in [0.1, 0.15) is 0 Å². The van der Waals surface area contributed by atoms with E-state index in [1.165, 1.54) is 24.3 Å². The molecule has 2 aliphatic rings. The number of anilines is 1. The summed E-state index contributed by atoms with van der Waals surface area (Å²) < 4.78 is 41.2. The smallest absolute Gasteiger partial charge is 0.406 e. The van der Waals surface area contributed by atoms with E-state index in [0.29, 0.717) is 5.69 Å². The molecule has 11 heteroatoms. The number of carbonyl (C=O) groups is 1. The maximum Gasteiger partial charge on any atom is 0.573 e. The lowest BCUT2D eigenvalue weighted by atomic mass is 10.3. The zero-order chi connectivity index (χ0) is 20.1. The molecule has 0 saturated carbocycles. The Labute approximate surface area is 171 Å². The normalized spacial score (nSPS) is 19.1. The third-order valence-corrected chi connectivity index (χ3v) is 5.92. The van der Waals surface area contributed by atoms with Crippen molar-refractivity contribution in [3.8, 4) is 5.75 Å². The second-order valence-electron chi connectivity index (χ2n) is 6.53. The topological polar surface area (TPSA) is 48.1 Å². The van der Waals surface area contributed by atoms with E-state index in [0.717, 1.165) is 49.5 Å². The molecule has 28 heavy (non-hydrogen) atoms. The Kier molecular flexibility index (Phi) is 7.02. The van der Waals surface area contributed by atoms with E-state index in [-0.39, 0.29) is 18.2 Å². The third kappa shape index (κ3) is 6.50. The van der Waals surface area contributed by atoms with Gasteiger partial charge in [-0.2, -0.15) is 0 Å². The molecule has 0 radical (unpaired) electrons. The van der Waals surface area contributed by atoms with E-state index in [1.807, 2.05) is 0 Å². The van der Waals surface area contributed by atoms with E-state index in [9.17, 15) is 18.0 Å². The minimum Gasteiger partial charge on any atom is -0.406 e. The van der Waals surface area contributed by atoms with Crippen molar-refractivity contribution in [2.75, 3.05) is 57.0 Å². The van der Waals surface area contributed by atoms with Gasteiger partial charge >= 0.3 is 6.36 Å². The summed E-state index contributed by atoms with van der Waals surface area (Å²) in [5.74, 6) is 0.523. The lowest BCUT2D eigenvalue weighted by molar-refractivity contribution is -0.274. The summed E-state index contributed by atoms with van der Waals surface area (Å²) in [6, 6.07) is 5.10. The first kappa shape index (κ1) is 21.2. The number of halogens is 3. The molecular formula is C17H21F3N4O2S2. The van der Waals surface area contributed by atoms with Gasteiger partial charge in [-0.15, -0.1) is 13.2 Å². The van der Waals surface area contributed by atoms with Crippen LogP contribution in [-0.2, 0) is 4.79 Å². The molecule has 0 spiro atoms. The quantitative estimate of drug-likeness (QED) is 0.690. The predicted molar refractivity (Wildman–Crippen MR) is 106 cm³/mol. The van der Waals surface area contributed by atoms with Crippen molar-refractivity contribution < 1.29 is 22.7 Å². The molecule has 0 atom stereocenters. The van der Waals surface area contributed by atoms with Gasteiger partial charge in [0, 0.05) is 44.2 Å². The minimum absolute atomic E-state index is 0.199. The Hall–Kier alpha value is -1.56. The zero-order valence-electron chi connectivity index (χ0n) is 15.1. The highest BCUT2D eigenvalue weighted by Crippen LogP contribution is 2.24. The van der Waals surface area contributed by atoms with Crippen LogP contribution in [0, 0.1) is 0 Å². The Bertz CT molecular complexity index is 695. The molecule has 1 N–H and O–H groups in total. The average Bonchev–Trinajstić information content (AvgIpc) is 3.02. The van der Waals surface area contributed by atoms with Crippen molar-refractivity contribution in [1.82, 2.24) is 14.7 Å². The van der Waals surface area contributed by atoms with Crippen molar-refractivity contribution in [3.63, 3.8) is 0 Å². The van der Waals surface area contributed by atoms with Crippen molar-refractivity contribution in [1.29, 1.82) is 0 Å². The number of benzene rings is 1. The van der Waals surface area contributed by atoms with Crippen LogP contribution in [0.15, 0.2) is 24.3 Å². The average molecular weight is 435 g/mol. The Morgan fingerprint density at radius 1 is 1.11 bits per heavy atom. The van der Waals surface area contributed by atoms with Crippen molar-refractivity contribution in [2.45, 2.75) is 6.36 Å². The number of amides is 1. The van der Waals surface area contributed by atoms with E-state index in [1.54, 1.807) is 11.8 Å². The molecule has 2 heterocycles. The molecule has 154 valence electrons. The SMILES string of the molecule is O=C(CN1CCN(CN2CCSC2=S)CC1)Nc1ccc(OC(F)(F)F)cc1. The number of thioether (sulfide) groups is 1. The predicted octanol–water partition coefficient (Wildman–Crippen LogP) is 2.43. The third-order valence-electron chi connectivity index (χ3n) is 4.42. The minimum atomic E-state index is -4.73. The lowest BCUT2D eigenvalue weighted by Gasteiger charge is -2.36. The lowest BCUT2D eigenvalue weighted by Crippen LogP contribution is -2.51. The summed E-state index contributed by atoms with van der Waals surface area (Å²) in [5.41, 5.74) is 0.429. The van der Waals surface area contributed by atoms with E-state index in [4.69, 9.17) is 12.2 Å². The van der Waals surface area contributed by atoms with Crippen LogP contribution in [0.5, 0.6) is 5.75 Å². The number of rotatable bonds is 6. The van der Waals surface area contributed by atoms with Gasteiger partial charge in [0.1, 0.15) is 10.1 Å². The molecule has 0 aliphatic carbocycles. The van der Waals surface area contributed by atoms with Crippen molar-refractivity contribution in [3.05, 3.63) is 24.3 Å². The summed E-state index contributed by atoms with van der Waals surface area (Å²) in [6.45, 7) is 5.34. The highest BCUT2D eigenvalue weighted by atomic mass is 32.2. The fraction of sp³-hybridized carbons (Fsp3) is 0.529. The van der Waals surface area contributed by atoms with Gasteiger partial charge in [0.05, 0.1) is 13.2 Å². The maximum atomic E-state index is 12.2. The number of ether oxygens (including phenoxy) is 1. The molecule has 2 saturated heterocycles. The molecular weight excluding hydrogens is 413 g/mol. The molecule has 6 nitrogen and oxygen atoms in total. The van der Waals surface area contributed by atoms with Gasteiger partial charge in [0.2, 0.25) is 5.91 Å². The molecule has 1 amide bonds. The number of nitrogens with zero attached hydrogens (tertiary/aromatic N) is 3. The van der Waals surface area contributed by atoms with Gasteiger partial charge in [0.15, 0.2) is 0 Å². The second-order valence-corrected chi connectivity index (χ2v) is 8.26. The van der Waals surface area contributed by atoms with Gasteiger partial charge in [-0.25, -0.2) is 0 Å². The molecule has 2 fully saturated rings. The van der Waals surface area contributed by atoms with Gasteiger partial charge in [0.25, 0.3) is 0 Å². The molecule has 1 aromatic rings. The summed E-state index contributed by atoms with van der Waals surface area (Å²) in [6.07, 6.45) is -4.73. The fourth-order valence-corrected chi connectivity index (χ4v) is 4.24. The summed E-state index contributed by atoms with van der Waals surface area (Å²) in [4.78, 5) is 18.8. The first-order valence-corrected chi connectivity index (χ1v) is 10.2. The molecule has 3 rings (SSSR count). The van der Waals surface area contributed by atoms with Crippen molar-refractivity contribution >= 4 is 39.9 Å². The Balaban J connectivity index is 1.39. The second kappa shape index (κ2) is 9.29. The Morgan fingerprint density at radius 3 is 2.32 bits per heavy atom. The van der Waals surface area contributed by atoms with Crippen molar-refractivity contribution in [2.24, 2.45) is 0 Å². The molecule has 1 aromatic carbocycles. The van der Waals surface area contributed by atoms with Crippen LogP contribution in [-0.4, -0.2) is 83.0 Å². The van der Waals surface area contributed by atoms with E-state index >= 15 is 0 Å². The number of hydrogen-bond donors (Lipinski definition) is 1. The number of nitrogens with one attached hydrogen (secondary N) is 1. The van der Waals surface area contributed by atoms with Crippen LogP contribution < -0.4 is 10.1 Å². The number of alkyl halides is 3. The fourth-order valence-electron chi connectivity index (χ4n) is 3.03. The highest BCUT2D eigenvalue weighted by Gasteiger charge is 2.31. The zero-order valence-corrected chi connectivity index (χ0v) is 16.7. The van der Waals surface area contributed by atoms with E-state index < -0.39 is 6.36 Å². The first-order chi connectivity index (χ1) is 13.3. The highest BCUT2D eigenvalue weighted by molar-refractivity contribution is 8.23. The monoisotopic (exact) mass is 434 g/mol. The van der Waals surface area contributed by atoms with Crippen LogP contribution in [0.3, 0.4) is 0 Å². The van der Waals surface area contributed by atoms with Gasteiger partial charge < -0.3 is 15.0 Å². The number of carbonyl (C=O) groups excluding carboxylic acids is 1. The summed E-state index contributed by atoms with van der Waals surface area (Å²) >= 11 is 7.03. The summed E-state index contributed by atoms with van der Waals surface area (Å²) in [7, 11) is 0. The Morgan fingerprint density at radius 2 is 1.75 bits per heavy atom. The van der Waals surface area contributed by atoms with Gasteiger partial charge in [-0.3, -0.25) is 14.6 Å². The largest absolute Gasteiger partial charge is 0.573 e.